The highest BCUT2D eigenvalue weighted by Crippen LogP contribution is 2.20. The van der Waals surface area contributed by atoms with Gasteiger partial charge in [-0.3, -0.25) is 9.59 Å². The van der Waals surface area contributed by atoms with Gasteiger partial charge in [-0.2, -0.15) is 10.1 Å². The maximum Gasteiger partial charge on any atom is 0.281 e. The number of rotatable bonds is 1. The van der Waals surface area contributed by atoms with Crippen LogP contribution in [0, 0.1) is 0 Å². The van der Waals surface area contributed by atoms with Crippen LogP contribution in [0.1, 0.15) is 24.2 Å². The van der Waals surface area contributed by atoms with E-state index in [1.807, 2.05) is 0 Å². The standard InChI is InChI=1S/C12H12ClN3O2/c1-7-12(2,14)11(18)16(15-7)10(17)8-3-5-9(13)6-4-8/h3-6H,14H2,1-2H3. The third-order valence-electron chi connectivity index (χ3n) is 2.92. The van der Waals surface area contributed by atoms with Gasteiger partial charge in [0.1, 0.15) is 5.54 Å². The fraction of sp³-hybridized carbons (Fsp3) is 0.250. The molecule has 0 bridgehead atoms. The SMILES string of the molecule is CC1=NN(C(=O)c2ccc(Cl)cc2)C(=O)C1(C)N. The summed E-state index contributed by atoms with van der Waals surface area (Å²) in [5.74, 6) is -1.04. The van der Waals surface area contributed by atoms with E-state index in [-0.39, 0.29) is 0 Å². The molecule has 18 heavy (non-hydrogen) atoms. The molecular formula is C12H12ClN3O2. The molecule has 2 amide bonds. The van der Waals surface area contributed by atoms with Crippen LogP contribution in [0.3, 0.4) is 0 Å². The van der Waals surface area contributed by atoms with Crippen molar-refractivity contribution in [3.63, 3.8) is 0 Å². The highest BCUT2D eigenvalue weighted by Gasteiger charge is 2.44. The lowest BCUT2D eigenvalue weighted by Crippen LogP contribution is -2.51. The molecule has 1 aromatic rings. The number of hydrazone groups is 1. The number of carbonyl (C=O) groups is 2. The minimum atomic E-state index is -1.22. The number of nitrogens with zero attached hydrogens (tertiary/aromatic N) is 2. The Labute approximate surface area is 109 Å². The molecule has 1 aliphatic rings. The van der Waals surface area contributed by atoms with Crippen LogP contribution < -0.4 is 5.73 Å². The predicted molar refractivity (Wildman–Crippen MR) is 68.3 cm³/mol. The molecule has 1 aromatic carbocycles. The van der Waals surface area contributed by atoms with Crippen molar-refractivity contribution in [3.05, 3.63) is 34.9 Å². The molecule has 5 nitrogen and oxygen atoms in total. The first kappa shape index (κ1) is 12.7. The molecule has 1 heterocycles. The Morgan fingerprint density at radius 3 is 2.39 bits per heavy atom. The van der Waals surface area contributed by atoms with Crippen molar-refractivity contribution in [2.75, 3.05) is 0 Å². The van der Waals surface area contributed by atoms with Gasteiger partial charge in [-0.05, 0) is 38.1 Å². The zero-order chi connectivity index (χ0) is 13.5. The Kier molecular flexibility index (Phi) is 2.96. The van der Waals surface area contributed by atoms with Crippen molar-refractivity contribution in [1.29, 1.82) is 0 Å². The maximum atomic E-state index is 12.1. The fourth-order valence-electron chi connectivity index (χ4n) is 1.53. The molecule has 0 fully saturated rings. The first-order valence-electron chi connectivity index (χ1n) is 5.33. The van der Waals surface area contributed by atoms with Gasteiger partial charge in [-0.1, -0.05) is 11.6 Å². The number of benzene rings is 1. The van der Waals surface area contributed by atoms with Crippen LogP contribution in [0.25, 0.3) is 0 Å². The average Bonchev–Trinajstić information content (AvgIpc) is 2.53. The molecule has 0 spiro atoms. The molecule has 2 rings (SSSR count). The smallest absolute Gasteiger partial charge is 0.281 e. The fourth-order valence-corrected chi connectivity index (χ4v) is 1.65. The summed E-state index contributed by atoms with van der Waals surface area (Å²) in [5.41, 5.74) is 5.33. The highest BCUT2D eigenvalue weighted by atomic mass is 35.5. The Bertz CT molecular complexity index is 549. The summed E-state index contributed by atoms with van der Waals surface area (Å²) in [6, 6.07) is 6.23. The molecule has 1 atom stereocenters. The summed E-state index contributed by atoms with van der Waals surface area (Å²) in [4.78, 5) is 24.1. The number of nitrogens with two attached hydrogens (primary N) is 1. The van der Waals surface area contributed by atoms with Crippen LogP contribution in [0.5, 0.6) is 0 Å². The summed E-state index contributed by atoms with van der Waals surface area (Å²) in [7, 11) is 0. The van der Waals surface area contributed by atoms with E-state index in [0.29, 0.717) is 16.3 Å². The lowest BCUT2D eigenvalue weighted by Gasteiger charge is -2.17. The van der Waals surface area contributed by atoms with E-state index >= 15 is 0 Å². The first-order chi connectivity index (χ1) is 8.34. The zero-order valence-electron chi connectivity index (χ0n) is 9.98. The van der Waals surface area contributed by atoms with Gasteiger partial charge in [0.25, 0.3) is 11.8 Å². The Hall–Kier alpha value is -1.72. The second-order valence-electron chi connectivity index (χ2n) is 4.32. The number of imide groups is 1. The van der Waals surface area contributed by atoms with E-state index in [1.165, 1.54) is 19.1 Å². The zero-order valence-corrected chi connectivity index (χ0v) is 10.7. The largest absolute Gasteiger partial charge is 0.313 e. The van der Waals surface area contributed by atoms with Gasteiger partial charge < -0.3 is 5.73 Å². The predicted octanol–water partition coefficient (Wildman–Crippen LogP) is 1.42. The quantitative estimate of drug-likeness (QED) is 0.780. The van der Waals surface area contributed by atoms with Gasteiger partial charge in [0.05, 0.1) is 5.71 Å². The van der Waals surface area contributed by atoms with E-state index in [0.717, 1.165) is 5.01 Å². The lowest BCUT2D eigenvalue weighted by molar-refractivity contribution is -0.129. The monoisotopic (exact) mass is 265 g/mol. The average molecular weight is 266 g/mol. The van der Waals surface area contributed by atoms with Crippen LogP contribution in [0.4, 0.5) is 0 Å². The molecule has 0 saturated carbocycles. The van der Waals surface area contributed by atoms with Crippen LogP contribution in [0.2, 0.25) is 5.02 Å². The molecule has 2 N–H and O–H groups in total. The molecule has 0 aliphatic carbocycles. The molecule has 94 valence electrons. The van der Waals surface area contributed by atoms with E-state index < -0.39 is 17.4 Å². The lowest BCUT2D eigenvalue weighted by atomic mass is 9.98. The van der Waals surface area contributed by atoms with Crippen molar-refractivity contribution >= 4 is 29.1 Å². The molecule has 0 aromatic heterocycles. The topological polar surface area (TPSA) is 75.8 Å². The summed E-state index contributed by atoms with van der Waals surface area (Å²) >= 11 is 5.73. The molecule has 0 saturated heterocycles. The van der Waals surface area contributed by atoms with Crippen LogP contribution in [0.15, 0.2) is 29.4 Å². The van der Waals surface area contributed by atoms with Crippen LogP contribution in [-0.4, -0.2) is 28.1 Å². The number of halogens is 1. The second kappa shape index (κ2) is 4.19. The minimum Gasteiger partial charge on any atom is -0.313 e. The highest BCUT2D eigenvalue weighted by molar-refractivity contribution is 6.30. The van der Waals surface area contributed by atoms with Crippen molar-refractivity contribution < 1.29 is 9.59 Å². The second-order valence-corrected chi connectivity index (χ2v) is 4.75. The molecule has 1 aliphatic heterocycles. The normalized spacial score (nSPS) is 23.2. The van der Waals surface area contributed by atoms with E-state index in [1.54, 1.807) is 19.1 Å². The molecule has 6 heteroatoms. The molecule has 1 unspecified atom stereocenters. The summed E-state index contributed by atoms with van der Waals surface area (Å²) < 4.78 is 0. The van der Waals surface area contributed by atoms with Gasteiger partial charge in [0, 0.05) is 10.6 Å². The van der Waals surface area contributed by atoms with Gasteiger partial charge in [-0.25, -0.2) is 0 Å². The van der Waals surface area contributed by atoms with Crippen molar-refractivity contribution in [2.45, 2.75) is 19.4 Å². The molecule has 0 radical (unpaired) electrons. The molecular weight excluding hydrogens is 254 g/mol. The maximum absolute atomic E-state index is 12.1. The van der Waals surface area contributed by atoms with Crippen molar-refractivity contribution in [2.24, 2.45) is 10.8 Å². The third-order valence-corrected chi connectivity index (χ3v) is 3.17. The Balaban J connectivity index is 2.32. The number of carbonyl (C=O) groups excluding carboxylic acids is 2. The van der Waals surface area contributed by atoms with Crippen LogP contribution in [-0.2, 0) is 4.79 Å². The summed E-state index contributed by atoms with van der Waals surface area (Å²) in [5, 5.41) is 5.23. The van der Waals surface area contributed by atoms with E-state index in [9.17, 15) is 9.59 Å². The summed E-state index contributed by atoms with van der Waals surface area (Å²) in [6.07, 6.45) is 0. The van der Waals surface area contributed by atoms with Gasteiger partial charge in [0.2, 0.25) is 0 Å². The number of hydrogen-bond acceptors (Lipinski definition) is 4. The van der Waals surface area contributed by atoms with Crippen LogP contribution >= 0.6 is 11.6 Å². The van der Waals surface area contributed by atoms with Gasteiger partial charge in [0.15, 0.2) is 0 Å². The Morgan fingerprint density at radius 1 is 1.39 bits per heavy atom. The van der Waals surface area contributed by atoms with E-state index in [4.69, 9.17) is 17.3 Å². The van der Waals surface area contributed by atoms with Gasteiger partial charge >= 0.3 is 0 Å². The summed E-state index contributed by atoms with van der Waals surface area (Å²) in [6.45, 7) is 3.15. The third kappa shape index (κ3) is 1.91. The number of hydrogen-bond donors (Lipinski definition) is 1. The first-order valence-corrected chi connectivity index (χ1v) is 5.71. The van der Waals surface area contributed by atoms with Gasteiger partial charge in [-0.15, -0.1) is 0 Å². The van der Waals surface area contributed by atoms with Crippen molar-refractivity contribution in [1.82, 2.24) is 5.01 Å². The van der Waals surface area contributed by atoms with Crippen molar-refractivity contribution in [3.8, 4) is 0 Å². The minimum absolute atomic E-state index is 0.335. The Morgan fingerprint density at radius 2 is 1.94 bits per heavy atom. The number of amides is 2. The van der Waals surface area contributed by atoms with E-state index in [2.05, 4.69) is 5.10 Å².